The molecule has 0 fully saturated rings. The first-order chi connectivity index (χ1) is 12.7. The molecule has 6 nitrogen and oxygen atoms in total. The molecule has 0 bridgehead atoms. The van der Waals surface area contributed by atoms with Crippen molar-refractivity contribution >= 4 is 27.5 Å². The van der Waals surface area contributed by atoms with Crippen LogP contribution in [-0.2, 0) is 19.8 Å². The van der Waals surface area contributed by atoms with E-state index in [2.05, 4.69) is 31.4 Å². The summed E-state index contributed by atoms with van der Waals surface area (Å²) >= 11 is 2.78. The molecule has 0 spiro atoms. The van der Waals surface area contributed by atoms with Crippen molar-refractivity contribution in [2.24, 2.45) is 7.05 Å². The van der Waals surface area contributed by atoms with Crippen LogP contribution >= 0.6 is 15.9 Å². The first-order valence-electron chi connectivity index (χ1n) is 7.53. The van der Waals surface area contributed by atoms with Crippen molar-refractivity contribution in [1.82, 2.24) is 19.6 Å². The fourth-order valence-corrected chi connectivity index (χ4v) is 3.17. The Kier molecular flexibility index (Phi) is 5.05. The second-order valence-electron chi connectivity index (χ2n) is 5.60. The predicted octanol–water partition coefficient (Wildman–Crippen LogP) is 3.84. The fourth-order valence-electron chi connectivity index (χ4n) is 2.43. The van der Waals surface area contributed by atoms with Crippen LogP contribution in [0.3, 0.4) is 0 Å². The Morgan fingerprint density at radius 2 is 2.00 bits per heavy atom. The van der Waals surface area contributed by atoms with Gasteiger partial charge in [-0.25, -0.2) is 4.39 Å². The Morgan fingerprint density at radius 1 is 1.30 bits per heavy atom. The molecule has 1 aromatic carbocycles. The van der Waals surface area contributed by atoms with Crippen molar-refractivity contribution in [3.05, 3.63) is 63.9 Å². The quantitative estimate of drug-likeness (QED) is 0.620. The first kappa shape index (κ1) is 19.1. The van der Waals surface area contributed by atoms with E-state index in [1.807, 2.05) is 0 Å². The Hall–Kier alpha value is -2.69. The fraction of sp³-hybridized carbons (Fsp3) is 0.188. The minimum atomic E-state index is -4.69. The minimum Gasteiger partial charge on any atom is -0.318 e. The maximum atomic E-state index is 13.7. The van der Waals surface area contributed by atoms with E-state index in [0.717, 1.165) is 4.68 Å². The van der Waals surface area contributed by atoms with Gasteiger partial charge in [0.15, 0.2) is 5.69 Å². The molecule has 0 atom stereocenters. The number of rotatable bonds is 4. The predicted molar refractivity (Wildman–Crippen MR) is 91.6 cm³/mol. The van der Waals surface area contributed by atoms with Crippen LogP contribution in [0.25, 0.3) is 0 Å². The van der Waals surface area contributed by atoms with Gasteiger partial charge in [-0.3, -0.25) is 14.2 Å². The number of alkyl halides is 3. The summed E-state index contributed by atoms with van der Waals surface area (Å²) in [6, 6.07) is 6.16. The smallest absolute Gasteiger partial charge is 0.318 e. The van der Waals surface area contributed by atoms with E-state index in [1.54, 1.807) is 18.2 Å². The molecular formula is C16H12BrF4N5O. The zero-order chi connectivity index (χ0) is 19.8. The number of hydrogen-bond acceptors (Lipinski definition) is 3. The molecule has 2 aromatic heterocycles. The molecule has 0 saturated heterocycles. The highest BCUT2D eigenvalue weighted by molar-refractivity contribution is 9.10. The third kappa shape index (κ3) is 4.02. The molecule has 2 heterocycles. The lowest BCUT2D eigenvalue weighted by Crippen LogP contribution is -2.16. The van der Waals surface area contributed by atoms with Crippen LogP contribution in [0.1, 0.15) is 21.7 Å². The Bertz CT molecular complexity index is 995. The number of nitrogens with one attached hydrogen (secondary N) is 1. The van der Waals surface area contributed by atoms with E-state index in [-0.39, 0.29) is 17.9 Å². The van der Waals surface area contributed by atoms with Crippen LogP contribution in [0.15, 0.2) is 41.1 Å². The molecule has 0 aliphatic carbocycles. The zero-order valence-electron chi connectivity index (χ0n) is 13.8. The highest BCUT2D eigenvalue weighted by atomic mass is 79.9. The van der Waals surface area contributed by atoms with Gasteiger partial charge in [-0.15, -0.1) is 0 Å². The van der Waals surface area contributed by atoms with Gasteiger partial charge in [-0.2, -0.15) is 23.4 Å². The molecule has 1 amide bonds. The SMILES string of the molecule is Cn1nc(C(F)(F)F)c(Br)c1C(=O)Nc1cnn(Cc2ccccc2F)c1. The van der Waals surface area contributed by atoms with Gasteiger partial charge in [-0.05, 0) is 22.0 Å². The van der Waals surface area contributed by atoms with Gasteiger partial charge in [-0.1, -0.05) is 18.2 Å². The van der Waals surface area contributed by atoms with Gasteiger partial charge in [0.25, 0.3) is 5.91 Å². The molecular weight excluding hydrogens is 434 g/mol. The number of anilines is 1. The number of amides is 1. The average molecular weight is 446 g/mol. The van der Waals surface area contributed by atoms with Crippen LogP contribution in [-0.4, -0.2) is 25.5 Å². The Labute approximate surface area is 158 Å². The molecule has 3 rings (SSSR count). The minimum absolute atomic E-state index is 0.135. The third-order valence-corrected chi connectivity index (χ3v) is 4.41. The van der Waals surface area contributed by atoms with Gasteiger partial charge in [0.2, 0.25) is 0 Å². The van der Waals surface area contributed by atoms with Crippen LogP contribution in [0, 0.1) is 5.82 Å². The molecule has 0 aliphatic rings. The average Bonchev–Trinajstić information content (AvgIpc) is 3.13. The van der Waals surface area contributed by atoms with Gasteiger partial charge in [0, 0.05) is 18.8 Å². The van der Waals surface area contributed by atoms with E-state index in [0.29, 0.717) is 5.56 Å². The molecule has 0 aliphatic heterocycles. The van der Waals surface area contributed by atoms with Crippen molar-refractivity contribution in [2.45, 2.75) is 12.7 Å². The largest absolute Gasteiger partial charge is 0.436 e. The van der Waals surface area contributed by atoms with Gasteiger partial charge in [0.05, 0.1) is 22.9 Å². The molecule has 27 heavy (non-hydrogen) atoms. The van der Waals surface area contributed by atoms with Crippen molar-refractivity contribution in [2.75, 3.05) is 5.32 Å². The zero-order valence-corrected chi connectivity index (χ0v) is 15.3. The lowest BCUT2D eigenvalue weighted by atomic mass is 10.2. The molecule has 3 aromatic rings. The maximum Gasteiger partial charge on any atom is 0.436 e. The van der Waals surface area contributed by atoms with E-state index in [4.69, 9.17) is 0 Å². The second-order valence-corrected chi connectivity index (χ2v) is 6.40. The molecule has 0 unspecified atom stereocenters. The highest BCUT2D eigenvalue weighted by Crippen LogP contribution is 2.35. The lowest BCUT2D eigenvalue weighted by molar-refractivity contribution is -0.142. The molecule has 0 radical (unpaired) electrons. The number of aryl methyl sites for hydroxylation is 1. The second kappa shape index (κ2) is 7.14. The summed E-state index contributed by atoms with van der Waals surface area (Å²) in [5.41, 5.74) is -0.824. The van der Waals surface area contributed by atoms with Gasteiger partial charge in [0.1, 0.15) is 11.5 Å². The standard InChI is InChI=1S/C16H12BrF4N5O/c1-25-13(12(17)14(24-25)16(19,20)21)15(27)23-10-6-22-26(8-10)7-9-4-2-3-5-11(9)18/h2-6,8H,7H2,1H3,(H,23,27). The summed E-state index contributed by atoms with van der Waals surface area (Å²) in [5.74, 6) is -1.19. The van der Waals surface area contributed by atoms with E-state index >= 15 is 0 Å². The summed E-state index contributed by atoms with van der Waals surface area (Å²) in [6.07, 6.45) is -1.94. The number of carbonyl (C=O) groups is 1. The first-order valence-corrected chi connectivity index (χ1v) is 8.33. The molecule has 1 N–H and O–H groups in total. The number of hydrogen-bond donors (Lipinski definition) is 1. The summed E-state index contributed by atoms with van der Waals surface area (Å²) < 4.78 is 54.2. The number of nitrogens with zero attached hydrogens (tertiary/aromatic N) is 4. The van der Waals surface area contributed by atoms with Crippen LogP contribution in [0.5, 0.6) is 0 Å². The van der Waals surface area contributed by atoms with Crippen LogP contribution in [0.4, 0.5) is 23.2 Å². The third-order valence-electron chi connectivity index (χ3n) is 3.65. The van der Waals surface area contributed by atoms with E-state index in [1.165, 1.54) is 30.2 Å². The lowest BCUT2D eigenvalue weighted by Gasteiger charge is -2.04. The summed E-state index contributed by atoms with van der Waals surface area (Å²) in [7, 11) is 1.23. The van der Waals surface area contributed by atoms with Gasteiger partial charge >= 0.3 is 6.18 Å². The summed E-state index contributed by atoms with van der Waals surface area (Å²) in [5, 5.41) is 9.80. The van der Waals surface area contributed by atoms with Crippen molar-refractivity contribution in [3.63, 3.8) is 0 Å². The maximum absolute atomic E-state index is 13.7. The molecule has 11 heteroatoms. The topological polar surface area (TPSA) is 64.7 Å². The Balaban J connectivity index is 1.77. The summed E-state index contributed by atoms with van der Waals surface area (Å²) in [4.78, 5) is 12.4. The van der Waals surface area contributed by atoms with Crippen molar-refractivity contribution in [3.8, 4) is 0 Å². The molecule has 142 valence electrons. The number of halogens is 5. The highest BCUT2D eigenvalue weighted by Gasteiger charge is 2.39. The number of aromatic nitrogens is 4. The van der Waals surface area contributed by atoms with E-state index in [9.17, 15) is 22.4 Å². The van der Waals surface area contributed by atoms with Crippen molar-refractivity contribution < 1.29 is 22.4 Å². The van der Waals surface area contributed by atoms with Crippen LogP contribution in [0.2, 0.25) is 0 Å². The van der Waals surface area contributed by atoms with E-state index < -0.39 is 28.1 Å². The summed E-state index contributed by atoms with van der Waals surface area (Å²) in [6.45, 7) is 0.135. The monoisotopic (exact) mass is 445 g/mol. The normalized spacial score (nSPS) is 11.6. The Morgan fingerprint density at radius 3 is 2.63 bits per heavy atom. The molecule has 0 saturated carbocycles. The van der Waals surface area contributed by atoms with Crippen molar-refractivity contribution in [1.29, 1.82) is 0 Å². The number of benzene rings is 1. The van der Waals surface area contributed by atoms with Crippen LogP contribution < -0.4 is 5.32 Å². The number of carbonyl (C=O) groups excluding carboxylic acids is 1. The van der Waals surface area contributed by atoms with Gasteiger partial charge < -0.3 is 5.32 Å².